The number of hydrogen-bond donors (Lipinski definition) is 0. The molecule has 1 aromatic rings. The summed E-state index contributed by atoms with van der Waals surface area (Å²) >= 11 is 7.92. The summed E-state index contributed by atoms with van der Waals surface area (Å²) in [7, 11) is 0. The Morgan fingerprint density at radius 1 is 1.24 bits per heavy atom. The van der Waals surface area contributed by atoms with Crippen LogP contribution >= 0.6 is 23.4 Å². The number of carbonyl (C=O) groups excluding carboxylic acids is 2. The summed E-state index contributed by atoms with van der Waals surface area (Å²) in [6.45, 7) is 4.44. The van der Waals surface area contributed by atoms with Gasteiger partial charge in [0.25, 0.3) is 0 Å². The number of carbonyl (C=O) groups is 2. The van der Waals surface area contributed by atoms with Crippen LogP contribution in [0.3, 0.4) is 0 Å². The summed E-state index contributed by atoms with van der Waals surface area (Å²) in [6, 6.07) is 6.98. The average Bonchev–Trinajstić information content (AvgIpc) is 3.05. The van der Waals surface area contributed by atoms with E-state index in [0.29, 0.717) is 23.8 Å². The summed E-state index contributed by atoms with van der Waals surface area (Å²) < 4.78 is 5.32. The Morgan fingerprint density at radius 2 is 2.00 bits per heavy atom. The summed E-state index contributed by atoms with van der Waals surface area (Å²) in [4.78, 5) is 27.0. The van der Waals surface area contributed by atoms with E-state index < -0.39 is 6.04 Å². The zero-order valence-corrected chi connectivity index (χ0v) is 16.4. The van der Waals surface area contributed by atoms with Crippen molar-refractivity contribution in [1.82, 2.24) is 4.90 Å². The van der Waals surface area contributed by atoms with Gasteiger partial charge in [0.1, 0.15) is 11.4 Å². The molecular weight excluding hydrogens is 358 g/mol. The van der Waals surface area contributed by atoms with Crippen molar-refractivity contribution < 1.29 is 14.3 Å². The van der Waals surface area contributed by atoms with Gasteiger partial charge in [-0.15, -0.1) is 11.8 Å². The largest absolute Gasteiger partial charge is 0.464 e. The highest BCUT2D eigenvalue weighted by atomic mass is 35.5. The van der Waals surface area contributed by atoms with Crippen LogP contribution in [0.4, 0.5) is 0 Å². The molecule has 1 saturated heterocycles. The second-order valence-corrected chi connectivity index (χ2v) is 7.67. The standard InChI is InChI=1S/C19H26ClNO3S/c1-3-5-6-11-17(22)21-16(19(23)24-12-4-2)13-25-18(21)14-9-7-8-10-15(14)20/h7-10,16,18H,3-6,11-13H2,1-2H3/t16-,18+/m0/s1. The SMILES string of the molecule is CCCCCC(=O)N1[C@@H](c2ccccc2Cl)SC[C@H]1C(=O)OCCC. The lowest BCUT2D eigenvalue weighted by atomic mass is 10.1. The first kappa shape index (κ1) is 20.1. The Labute approximate surface area is 159 Å². The van der Waals surface area contributed by atoms with Crippen molar-refractivity contribution in [2.45, 2.75) is 57.4 Å². The smallest absolute Gasteiger partial charge is 0.329 e. The van der Waals surface area contributed by atoms with E-state index in [4.69, 9.17) is 16.3 Å². The van der Waals surface area contributed by atoms with E-state index in [1.54, 1.807) is 16.7 Å². The molecule has 0 unspecified atom stereocenters. The third kappa shape index (κ3) is 5.14. The molecule has 2 atom stereocenters. The molecule has 0 radical (unpaired) electrons. The number of amides is 1. The van der Waals surface area contributed by atoms with Crippen molar-refractivity contribution in [2.24, 2.45) is 0 Å². The highest BCUT2D eigenvalue weighted by Gasteiger charge is 2.43. The Bertz CT molecular complexity index is 596. The molecule has 1 aliphatic heterocycles. The maximum atomic E-state index is 12.9. The van der Waals surface area contributed by atoms with E-state index >= 15 is 0 Å². The molecule has 0 spiro atoms. The number of halogens is 1. The van der Waals surface area contributed by atoms with Gasteiger partial charge in [0, 0.05) is 22.8 Å². The summed E-state index contributed by atoms with van der Waals surface area (Å²) in [5.74, 6) is 0.229. The summed E-state index contributed by atoms with van der Waals surface area (Å²) in [5, 5.41) is 0.385. The van der Waals surface area contributed by atoms with Crippen molar-refractivity contribution in [2.75, 3.05) is 12.4 Å². The first-order chi connectivity index (χ1) is 12.1. The van der Waals surface area contributed by atoms with Crippen molar-refractivity contribution >= 4 is 35.2 Å². The number of unbranched alkanes of at least 4 members (excludes halogenated alkanes) is 2. The van der Waals surface area contributed by atoms with Crippen LogP contribution in [0.5, 0.6) is 0 Å². The van der Waals surface area contributed by atoms with Gasteiger partial charge < -0.3 is 9.64 Å². The van der Waals surface area contributed by atoms with E-state index in [1.165, 1.54) is 0 Å². The zero-order chi connectivity index (χ0) is 18.2. The lowest BCUT2D eigenvalue weighted by molar-refractivity contribution is -0.154. The van der Waals surface area contributed by atoms with Gasteiger partial charge in [-0.3, -0.25) is 4.79 Å². The summed E-state index contributed by atoms with van der Waals surface area (Å²) in [5.41, 5.74) is 0.879. The first-order valence-corrected chi connectivity index (χ1v) is 10.4. The van der Waals surface area contributed by atoms with Crippen LogP contribution in [0.1, 0.15) is 56.9 Å². The molecule has 1 aliphatic rings. The fraction of sp³-hybridized carbons (Fsp3) is 0.579. The second kappa shape index (κ2) is 10.1. The summed E-state index contributed by atoms with van der Waals surface area (Å²) in [6.07, 6.45) is 4.12. The molecule has 1 aromatic carbocycles. The minimum absolute atomic E-state index is 0.00168. The lowest BCUT2D eigenvalue weighted by Gasteiger charge is -2.29. The van der Waals surface area contributed by atoms with Crippen LogP contribution in [0.2, 0.25) is 5.02 Å². The maximum absolute atomic E-state index is 12.9. The van der Waals surface area contributed by atoms with Crippen LogP contribution in [0.25, 0.3) is 0 Å². The van der Waals surface area contributed by atoms with Gasteiger partial charge in [-0.2, -0.15) is 0 Å². The van der Waals surface area contributed by atoms with E-state index in [-0.39, 0.29) is 17.3 Å². The number of hydrogen-bond acceptors (Lipinski definition) is 4. The fourth-order valence-corrected chi connectivity index (χ4v) is 4.64. The predicted octanol–water partition coefficient (Wildman–Crippen LogP) is 4.82. The van der Waals surface area contributed by atoms with E-state index in [1.807, 2.05) is 31.2 Å². The first-order valence-electron chi connectivity index (χ1n) is 8.94. The molecule has 0 saturated carbocycles. The Kier molecular flexibility index (Phi) is 8.10. The zero-order valence-electron chi connectivity index (χ0n) is 14.9. The van der Waals surface area contributed by atoms with Crippen LogP contribution in [0, 0.1) is 0 Å². The third-order valence-electron chi connectivity index (χ3n) is 4.17. The molecule has 0 N–H and O–H groups in total. The van der Waals surface area contributed by atoms with Gasteiger partial charge in [0.05, 0.1) is 6.61 Å². The van der Waals surface area contributed by atoms with Gasteiger partial charge in [-0.05, 0) is 18.9 Å². The molecule has 138 valence electrons. The molecule has 0 aromatic heterocycles. The highest BCUT2D eigenvalue weighted by Crippen LogP contribution is 2.44. The number of nitrogens with zero attached hydrogens (tertiary/aromatic N) is 1. The van der Waals surface area contributed by atoms with Crippen molar-refractivity contribution in [3.05, 3.63) is 34.9 Å². The quantitative estimate of drug-likeness (QED) is 0.477. The number of thioether (sulfide) groups is 1. The number of ether oxygens (including phenoxy) is 1. The van der Waals surface area contributed by atoms with Gasteiger partial charge in [0.2, 0.25) is 5.91 Å². The molecule has 4 nitrogen and oxygen atoms in total. The lowest BCUT2D eigenvalue weighted by Crippen LogP contribution is -2.43. The van der Waals surface area contributed by atoms with Crippen molar-refractivity contribution in [3.63, 3.8) is 0 Å². The highest BCUT2D eigenvalue weighted by molar-refractivity contribution is 7.99. The minimum atomic E-state index is -0.535. The van der Waals surface area contributed by atoms with E-state index in [9.17, 15) is 9.59 Å². The van der Waals surface area contributed by atoms with Gasteiger partial charge in [-0.25, -0.2) is 4.79 Å². The molecule has 0 aliphatic carbocycles. The minimum Gasteiger partial charge on any atom is -0.464 e. The number of rotatable bonds is 8. The maximum Gasteiger partial charge on any atom is 0.329 e. The number of benzene rings is 1. The number of esters is 1. The van der Waals surface area contributed by atoms with Crippen molar-refractivity contribution in [1.29, 1.82) is 0 Å². The fourth-order valence-electron chi connectivity index (χ4n) is 2.86. The van der Waals surface area contributed by atoms with Crippen LogP contribution < -0.4 is 0 Å². The molecular formula is C19H26ClNO3S. The predicted molar refractivity (Wildman–Crippen MR) is 103 cm³/mol. The van der Waals surface area contributed by atoms with Gasteiger partial charge in [-0.1, -0.05) is 56.5 Å². The van der Waals surface area contributed by atoms with Crippen molar-refractivity contribution in [3.8, 4) is 0 Å². The third-order valence-corrected chi connectivity index (χ3v) is 5.82. The Hall–Kier alpha value is -1.20. The topological polar surface area (TPSA) is 46.6 Å². The normalized spacial score (nSPS) is 19.9. The monoisotopic (exact) mass is 383 g/mol. The Balaban J connectivity index is 2.22. The van der Waals surface area contributed by atoms with E-state index in [2.05, 4.69) is 6.92 Å². The van der Waals surface area contributed by atoms with Gasteiger partial charge >= 0.3 is 5.97 Å². The molecule has 1 amide bonds. The van der Waals surface area contributed by atoms with Crippen LogP contribution in [0.15, 0.2) is 24.3 Å². The van der Waals surface area contributed by atoms with Crippen LogP contribution in [-0.2, 0) is 14.3 Å². The van der Waals surface area contributed by atoms with E-state index in [0.717, 1.165) is 31.2 Å². The molecule has 6 heteroatoms. The molecule has 25 heavy (non-hydrogen) atoms. The van der Waals surface area contributed by atoms with Gasteiger partial charge in [0.15, 0.2) is 0 Å². The molecule has 1 fully saturated rings. The molecule has 2 rings (SSSR count). The molecule has 0 bridgehead atoms. The second-order valence-electron chi connectivity index (χ2n) is 6.15. The average molecular weight is 384 g/mol. The van der Waals surface area contributed by atoms with Crippen LogP contribution in [-0.4, -0.2) is 35.2 Å². The molecule has 1 heterocycles. The Morgan fingerprint density at radius 3 is 2.68 bits per heavy atom.